The molecule has 8 nitrogen and oxygen atoms in total. The monoisotopic (exact) mass is 475 g/mol. The molecule has 0 radical (unpaired) electrons. The molecule has 1 aromatic heterocycles. The second kappa shape index (κ2) is 9.33. The van der Waals surface area contributed by atoms with Gasteiger partial charge in [0.2, 0.25) is 10.0 Å². The Labute approximate surface area is 197 Å². The van der Waals surface area contributed by atoms with Crippen LogP contribution in [0.5, 0.6) is 0 Å². The Bertz CT molecular complexity index is 1090. The minimum absolute atomic E-state index is 0.116. The van der Waals surface area contributed by atoms with Crippen molar-refractivity contribution < 1.29 is 22.5 Å². The molecular weight excluding hydrogens is 441 g/mol. The fourth-order valence-electron chi connectivity index (χ4n) is 3.78. The molecule has 180 valence electrons. The van der Waals surface area contributed by atoms with Crippen LogP contribution in [0.1, 0.15) is 62.3 Å². The lowest BCUT2D eigenvalue weighted by molar-refractivity contribution is 0.00578. The molecule has 1 atom stereocenters. The van der Waals surface area contributed by atoms with Crippen molar-refractivity contribution >= 4 is 23.0 Å². The second-order valence-electron chi connectivity index (χ2n) is 9.78. The SMILES string of the molecule is Cc1ccc(S(=O)(=O)NC(CCCB2OC(C)(C)C(C)(C)O2)C(=O)n2nc(C)cc2C)cc1. The Hall–Kier alpha value is -2.01. The van der Waals surface area contributed by atoms with Crippen LogP contribution in [0.4, 0.5) is 0 Å². The Kier molecular flexibility index (Phi) is 7.24. The summed E-state index contributed by atoms with van der Waals surface area (Å²) in [7, 11) is -4.31. The van der Waals surface area contributed by atoms with E-state index in [4.69, 9.17) is 9.31 Å². The molecule has 0 amide bonds. The zero-order valence-electron chi connectivity index (χ0n) is 20.5. The summed E-state index contributed by atoms with van der Waals surface area (Å²) in [4.78, 5) is 13.4. The molecule has 1 N–H and O–H groups in total. The highest BCUT2D eigenvalue weighted by molar-refractivity contribution is 7.89. The normalized spacial score (nSPS) is 18.5. The van der Waals surface area contributed by atoms with Crippen molar-refractivity contribution in [1.29, 1.82) is 0 Å². The van der Waals surface area contributed by atoms with Gasteiger partial charge in [-0.2, -0.15) is 9.82 Å². The first-order valence-electron chi connectivity index (χ1n) is 11.2. The standard InChI is InChI=1S/C23H34BN3O5S/c1-16-10-12-19(13-11-16)33(29,30)26-20(21(28)27-18(3)15-17(2)25-27)9-8-14-24-31-22(4,5)23(6,7)32-24/h10-13,15,20,26H,8-9,14H2,1-7H3. The molecular formula is C23H34BN3O5S. The van der Waals surface area contributed by atoms with Gasteiger partial charge in [-0.1, -0.05) is 24.1 Å². The van der Waals surface area contributed by atoms with Gasteiger partial charge in [0, 0.05) is 5.69 Å². The van der Waals surface area contributed by atoms with E-state index in [0.29, 0.717) is 24.1 Å². The van der Waals surface area contributed by atoms with Crippen molar-refractivity contribution in [2.24, 2.45) is 0 Å². The lowest BCUT2D eigenvalue weighted by Crippen LogP contribution is -2.44. The molecule has 33 heavy (non-hydrogen) atoms. The first-order chi connectivity index (χ1) is 15.2. The maximum atomic E-state index is 13.3. The second-order valence-corrected chi connectivity index (χ2v) is 11.5. The molecule has 1 fully saturated rings. The first kappa shape index (κ1) is 25.6. The smallest absolute Gasteiger partial charge is 0.403 e. The van der Waals surface area contributed by atoms with E-state index in [9.17, 15) is 13.2 Å². The fraction of sp³-hybridized carbons (Fsp3) is 0.565. The van der Waals surface area contributed by atoms with Crippen molar-refractivity contribution in [2.75, 3.05) is 0 Å². The summed E-state index contributed by atoms with van der Waals surface area (Å²) in [6, 6.07) is 7.33. The average molecular weight is 475 g/mol. The Balaban J connectivity index is 1.76. The summed E-state index contributed by atoms with van der Waals surface area (Å²) in [5.41, 5.74) is 1.42. The molecule has 0 aliphatic carbocycles. The number of carbonyl (C=O) groups is 1. The Morgan fingerprint density at radius 2 is 1.67 bits per heavy atom. The largest absolute Gasteiger partial charge is 0.457 e. The molecule has 10 heteroatoms. The van der Waals surface area contributed by atoms with Crippen LogP contribution in [0, 0.1) is 20.8 Å². The number of hydrogen-bond acceptors (Lipinski definition) is 6. The van der Waals surface area contributed by atoms with E-state index < -0.39 is 40.3 Å². The average Bonchev–Trinajstić information content (AvgIpc) is 3.14. The van der Waals surface area contributed by atoms with Gasteiger partial charge in [-0.25, -0.2) is 13.1 Å². The molecule has 2 aromatic rings. The molecule has 3 rings (SSSR count). The lowest BCUT2D eigenvalue weighted by Gasteiger charge is -2.32. The van der Waals surface area contributed by atoms with Crippen LogP contribution in [-0.4, -0.2) is 48.5 Å². The topological polar surface area (TPSA) is 99.5 Å². The number of hydrogen-bond donors (Lipinski definition) is 1. The van der Waals surface area contributed by atoms with Gasteiger partial charge >= 0.3 is 7.12 Å². The van der Waals surface area contributed by atoms with E-state index in [1.807, 2.05) is 34.6 Å². The zero-order valence-corrected chi connectivity index (χ0v) is 21.3. The summed E-state index contributed by atoms with van der Waals surface area (Å²) in [6.45, 7) is 13.4. The molecule has 1 aromatic carbocycles. The van der Waals surface area contributed by atoms with Gasteiger partial charge in [0.15, 0.2) is 0 Å². The first-order valence-corrected chi connectivity index (χ1v) is 12.7. The maximum Gasteiger partial charge on any atom is 0.457 e. The zero-order chi connectivity index (χ0) is 24.6. The van der Waals surface area contributed by atoms with Crippen molar-refractivity contribution in [1.82, 2.24) is 14.5 Å². The Morgan fingerprint density at radius 1 is 1.09 bits per heavy atom. The predicted molar refractivity (Wildman–Crippen MR) is 128 cm³/mol. The van der Waals surface area contributed by atoms with E-state index in [0.717, 1.165) is 5.56 Å². The summed E-state index contributed by atoms with van der Waals surface area (Å²) in [6.07, 6.45) is 1.36. The van der Waals surface area contributed by atoms with Crippen LogP contribution in [0.25, 0.3) is 0 Å². The number of rotatable bonds is 8. The predicted octanol–water partition coefficient (Wildman–Crippen LogP) is 3.67. The van der Waals surface area contributed by atoms with Crippen molar-refractivity contribution in [3.8, 4) is 0 Å². The third-order valence-corrected chi connectivity index (χ3v) is 7.87. The summed E-state index contributed by atoms with van der Waals surface area (Å²) >= 11 is 0. The highest BCUT2D eigenvalue weighted by atomic mass is 32.2. The number of sulfonamides is 1. The number of carbonyl (C=O) groups excluding carboxylic acids is 1. The molecule has 0 saturated carbocycles. The van der Waals surface area contributed by atoms with Gasteiger partial charge < -0.3 is 9.31 Å². The number of aryl methyl sites for hydroxylation is 3. The summed E-state index contributed by atoms with van der Waals surface area (Å²) < 4.78 is 42.0. The number of benzene rings is 1. The van der Waals surface area contributed by atoms with E-state index in [2.05, 4.69) is 9.82 Å². The van der Waals surface area contributed by atoms with Crippen molar-refractivity contribution in [2.45, 2.75) is 89.8 Å². The maximum absolute atomic E-state index is 13.3. The van der Waals surface area contributed by atoms with Crippen LogP contribution in [0.15, 0.2) is 35.2 Å². The molecule has 1 saturated heterocycles. The van der Waals surface area contributed by atoms with Crippen LogP contribution in [0.3, 0.4) is 0 Å². The van der Waals surface area contributed by atoms with Gasteiger partial charge in [-0.15, -0.1) is 0 Å². The van der Waals surface area contributed by atoms with Gasteiger partial charge in [0.1, 0.15) is 6.04 Å². The van der Waals surface area contributed by atoms with E-state index in [1.165, 1.54) is 16.8 Å². The number of aromatic nitrogens is 2. The minimum Gasteiger partial charge on any atom is -0.403 e. The van der Waals surface area contributed by atoms with Crippen molar-refractivity contribution in [3.63, 3.8) is 0 Å². The number of nitrogens with one attached hydrogen (secondary N) is 1. The van der Waals surface area contributed by atoms with Crippen LogP contribution in [0.2, 0.25) is 6.32 Å². The molecule has 0 spiro atoms. The van der Waals surface area contributed by atoms with Crippen LogP contribution >= 0.6 is 0 Å². The van der Waals surface area contributed by atoms with Crippen LogP contribution in [-0.2, 0) is 19.3 Å². The minimum atomic E-state index is -3.90. The van der Waals surface area contributed by atoms with Crippen molar-refractivity contribution in [3.05, 3.63) is 47.3 Å². The van der Waals surface area contributed by atoms with E-state index in [-0.39, 0.29) is 11.3 Å². The van der Waals surface area contributed by atoms with Gasteiger partial charge in [0.05, 0.1) is 21.8 Å². The molecule has 0 bridgehead atoms. The van der Waals surface area contributed by atoms with E-state index in [1.54, 1.807) is 32.0 Å². The fourth-order valence-corrected chi connectivity index (χ4v) is 5.00. The lowest BCUT2D eigenvalue weighted by atomic mass is 9.82. The molecule has 2 heterocycles. The molecule has 1 aliphatic rings. The summed E-state index contributed by atoms with van der Waals surface area (Å²) in [5, 5.41) is 4.25. The van der Waals surface area contributed by atoms with E-state index >= 15 is 0 Å². The third-order valence-electron chi connectivity index (χ3n) is 6.38. The molecule has 1 aliphatic heterocycles. The van der Waals surface area contributed by atoms with Gasteiger partial charge in [0.25, 0.3) is 5.91 Å². The highest BCUT2D eigenvalue weighted by Gasteiger charge is 2.50. The van der Waals surface area contributed by atoms with Gasteiger partial charge in [-0.3, -0.25) is 4.79 Å². The molecule has 1 unspecified atom stereocenters. The van der Waals surface area contributed by atoms with Crippen LogP contribution < -0.4 is 4.72 Å². The highest BCUT2D eigenvalue weighted by Crippen LogP contribution is 2.38. The third kappa shape index (κ3) is 5.74. The van der Waals surface area contributed by atoms with Gasteiger partial charge in [-0.05, 0) is 79.4 Å². The summed E-state index contributed by atoms with van der Waals surface area (Å²) in [5.74, 6) is -0.412. The quantitative estimate of drug-likeness (QED) is 0.585. The number of nitrogens with zero attached hydrogens (tertiary/aromatic N) is 2. The Morgan fingerprint density at radius 3 is 2.18 bits per heavy atom.